The van der Waals surface area contributed by atoms with E-state index >= 15 is 0 Å². The van der Waals surface area contributed by atoms with Crippen LogP contribution in [0.25, 0.3) is 109 Å². The Morgan fingerprint density at radius 1 is 0.420 bits per heavy atom. The largest absolute Gasteiger partial charge is 0.455 e. The molecule has 0 fully saturated rings. The standard InChI is InChI=1S/C45H25N3OS/c1-2-12-27(13-3-1)43-46-44(34-19-10-18-33-32-17-8-9-20-37(32)49-41(33)34)48-45(47-43)36-24-30-22-21-26-11-6-7-16-31(26)39(30)42-40(36)35-23-28-14-4-5-15-29(28)25-38(35)50-42/h1-25H. The lowest BCUT2D eigenvalue weighted by atomic mass is 9.95. The van der Waals surface area contributed by atoms with Gasteiger partial charge in [0.05, 0.1) is 5.56 Å². The first kappa shape index (κ1) is 27.5. The Hall–Kier alpha value is -6.43. The molecule has 0 bridgehead atoms. The number of rotatable bonds is 3. The predicted molar refractivity (Wildman–Crippen MR) is 209 cm³/mol. The lowest BCUT2D eigenvalue weighted by Crippen LogP contribution is -2.00. The van der Waals surface area contributed by atoms with E-state index in [0.717, 1.165) is 49.4 Å². The number of aromatic nitrogens is 3. The summed E-state index contributed by atoms with van der Waals surface area (Å²) in [7, 11) is 0. The van der Waals surface area contributed by atoms with Crippen molar-refractivity contribution >= 4 is 85.8 Å². The third-order valence-corrected chi connectivity index (χ3v) is 11.0. The minimum absolute atomic E-state index is 0.579. The molecular weight excluding hydrogens is 631 g/mol. The first-order valence-corrected chi connectivity index (χ1v) is 17.5. The summed E-state index contributed by atoms with van der Waals surface area (Å²) in [5, 5.41) is 11.8. The normalized spacial score (nSPS) is 12.0. The molecule has 0 aliphatic heterocycles. The van der Waals surface area contributed by atoms with Crippen LogP contribution in [0.1, 0.15) is 0 Å². The fourth-order valence-corrected chi connectivity index (χ4v) is 8.88. The number of nitrogens with zero attached hydrogens (tertiary/aromatic N) is 3. The molecule has 50 heavy (non-hydrogen) atoms. The molecule has 0 spiro atoms. The van der Waals surface area contributed by atoms with E-state index in [0.29, 0.717) is 17.5 Å². The molecule has 8 aromatic carbocycles. The molecular formula is C45H25N3OS. The van der Waals surface area contributed by atoms with Gasteiger partial charge in [-0.05, 0) is 57.3 Å². The molecule has 11 aromatic rings. The van der Waals surface area contributed by atoms with Gasteiger partial charge in [0.2, 0.25) is 0 Å². The third kappa shape index (κ3) is 4.08. The number of hydrogen-bond donors (Lipinski definition) is 0. The van der Waals surface area contributed by atoms with Crippen molar-refractivity contribution in [3.63, 3.8) is 0 Å². The van der Waals surface area contributed by atoms with Crippen molar-refractivity contribution in [2.24, 2.45) is 0 Å². The van der Waals surface area contributed by atoms with Gasteiger partial charge in [0, 0.05) is 47.5 Å². The molecule has 0 N–H and O–H groups in total. The van der Waals surface area contributed by atoms with E-state index in [-0.39, 0.29) is 0 Å². The molecule has 0 aliphatic rings. The summed E-state index contributed by atoms with van der Waals surface area (Å²) in [4.78, 5) is 15.7. The van der Waals surface area contributed by atoms with Crippen LogP contribution >= 0.6 is 11.3 Å². The summed E-state index contributed by atoms with van der Waals surface area (Å²) in [6, 6.07) is 53.2. The van der Waals surface area contributed by atoms with Crippen molar-refractivity contribution in [1.29, 1.82) is 0 Å². The van der Waals surface area contributed by atoms with Gasteiger partial charge in [-0.2, -0.15) is 0 Å². The van der Waals surface area contributed by atoms with Gasteiger partial charge in [0.1, 0.15) is 11.2 Å². The minimum Gasteiger partial charge on any atom is -0.455 e. The zero-order chi connectivity index (χ0) is 32.8. The first-order chi connectivity index (χ1) is 24.8. The Bertz CT molecular complexity index is 3160. The van der Waals surface area contributed by atoms with Crippen molar-refractivity contribution in [2.75, 3.05) is 0 Å². The van der Waals surface area contributed by atoms with Crippen LogP contribution in [-0.4, -0.2) is 15.0 Å². The van der Waals surface area contributed by atoms with Gasteiger partial charge in [-0.25, -0.2) is 15.0 Å². The predicted octanol–water partition coefficient (Wildman–Crippen LogP) is 12.6. The summed E-state index contributed by atoms with van der Waals surface area (Å²) < 4.78 is 8.96. The highest BCUT2D eigenvalue weighted by atomic mass is 32.1. The number of para-hydroxylation sites is 2. The summed E-state index contributed by atoms with van der Waals surface area (Å²) in [6.45, 7) is 0. The van der Waals surface area contributed by atoms with Gasteiger partial charge in [-0.15, -0.1) is 11.3 Å². The lowest BCUT2D eigenvalue weighted by molar-refractivity contribution is 0.669. The molecule has 3 aromatic heterocycles. The molecule has 232 valence electrons. The van der Waals surface area contributed by atoms with Crippen LogP contribution in [0, 0.1) is 0 Å². The van der Waals surface area contributed by atoms with Crippen molar-refractivity contribution < 1.29 is 4.42 Å². The molecule has 0 saturated carbocycles. The number of hydrogen-bond acceptors (Lipinski definition) is 5. The van der Waals surface area contributed by atoms with Crippen LogP contribution in [0.5, 0.6) is 0 Å². The highest BCUT2D eigenvalue weighted by Crippen LogP contribution is 2.47. The van der Waals surface area contributed by atoms with Crippen molar-refractivity contribution in [2.45, 2.75) is 0 Å². The third-order valence-electron chi connectivity index (χ3n) is 9.87. The van der Waals surface area contributed by atoms with Gasteiger partial charge in [0.25, 0.3) is 0 Å². The van der Waals surface area contributed by atoms with Crippen LogP contribution in [-0.2, 0) is 0 Å². The van der Waals surface area contributed by atoms with E-state index in [2.05, 4.69) is 109 Å². The monoisotopic (exact) mass is 655 g/mol. The van der Waals surface area contributed by atoms with Crippen LogP contribution in [0.3, 0.4) is 0 Å². The smallest absolute Gasteiger partial charge is 0.167 e. The van der Waals surface area contributed by atoms with Crippen molar-refractivity contribution in [1.82, 2.24) is 15.0 Å². The Labute approximate surface area is 289 Å². The van der Waals surface area contributed by atoms with Crippen molar-refractivity contribution in [3.05, 3.63) is 152 Å². The highest BCUT2D eigenvalue weighted by molar-refractivity contribution is 7.27. The number of benzene rings is 8. The average molecular weight is 656 g/mol. The summed E-state index contributed by atoms with van der Waals surface area (Å²) in [5.74, 6) is 1.83. The van der Waals surface area contributed by atoms with E-state index in [1.807, 2.05) is 53.8 Å². The van der Waals surface area contributed by atoms with E-state index in [1.165, 1.54) is 41.7 Å². The minimum atomic E-state index is 0.579. The second-order valence-electron chi connectivity index (χ2n) is 12.8. The van der Waals surface area contributed by atoms with Crippen LogP contribution in [0.2, 0.25) is 0 Å². The molecule has 4 nitrogen and oxygen atoms in total. The second-order valence-corrected chi connectivity index (χ2v) is 13.8. The van der Waals surface area contributed by atoms with Crippen LogP contribution in [0.15, 0.2) is 156 Å². The van der Waals surface area contributed by atoms with Gasteiger partial charge in [-0.1, -0.05) is 121 Å². The Kier molecular flexibility index (Phi) is 5.80. The van der Waals surface area contributed by atoms with Gasteiger partial charge >= 0.3 is 0 Å². The second kappa shape index (κ2) is 10.5. The molecule has 0 radical (unpaired) electrons. The quantitative estimate of drug-likeness (QED) is 0.178. The number of thiophene rings is 1. The lowest BCUT2D eigenvalue weighted by Gasteiger charge is -2.12. The zero-order valence-corrected chi connectivity index (χ0v) is 27.4. The molecule has 5 heteroatoms. The van der Waals surface area contributed by atoms with Crippen LogP contribution in [0.4, 0.5) is 0 Å². The SMILES string of the molecule is c1ccc(-c2nc(-c3cccc4c3oc3ccccc34)nc(-c3cc4ccc5ccccc5c4c4sc5cc6ccccc6cc5c34)n2)cc1. The average Bonchev–Trinajstić information content (AvgIpc) is 3.75. The first-order valence-electron chi connectivity index (χ1n) is 16.7. The van der Waals surface area contributed by atoms with E-state index in [1.54, 1.807) is 0 Å². The van der Waals surface area contributed by atoms with E-state index in [9.17, 15) is 0 Å². The van der Waals surface area contributed by atoms with Gasteiger partial charge < -0.3 is 4.42 Å². The highest BCUT2D eigenvalue weighted by Gasteiger charge is 2.22. The molecule has 0 aliphatic carbocycles. The Morgan fingerprint density at radius 2 is 1.08 bits per heavy atom. The maximum Gasteiger partial charge on any atom is 0.167 e. The maximum atomic E-state index is 6.49. The fraction of sp³-hybridized carbons (Fsp3) is 0. The molecule has 0 amide bonds. The molecule has 11 rings (SSSR count). The van der Waals surface area contributed by atoms with Crippen LogP contribution < -0.4 is 0 Å². The fourth-order valence-electron chi connectivity index (χ4n) is 7.55. The topological polar surface area (TPSA) is 51.8 Å². The van der Waals surface area contributed by atoms with E-state index in [4.69, 9.17) is 19.4 Å². The summed E-state index contributed by atoms with van der Waals surface area (Å²) >= 11 is 1.85. The Balaban J connectivity index is 1.28. The Morgan fingerprint density at radius 3 is 1.94 bits per heavy atom. The number of fused-ring (bicyclic) bond motifs is 11. The summed E-state index contributed by atoms with van der Waals surface area (Å²) in [6.07, 6.45) is 0. The summed E-state index contributed by atoms with van der Waals surface area (Å²) in [5.41, 5.74) is 4.37. The van der Waals surface area contributed by atoms with Crippen molar-refractivity contribution in [3.8, 4) is 34.2 Å². The van der Waals surface area contributed by atoms with E-state index < -0.39 is 0 Å². The molecule has 0 saturated heterocycles. The number of furan rings is 1. The molecule has 0 unspecified atom stereocenters. The van der Waals surface area contributed by atoms with Gasteiger partial charge in [-0.3, -0.25) is 0 Å². The zero-order valence-electron chi connectivity index (χ0n) is 26.6. The molecule has 0 atom stereocenters. The maximum absolute atomic E-state index is 6.49. The molecule has 3 heterocycles. The van der Waals surface area contributed by atoms with Gasteiger partial charge in [0.15, 0.2) is 17.5 Å².